The molecule has 0 aliphatic carbocycles. The normalized spacial score (nSPS) is 13.9. The summed E-state index contributed by atoms with van der Waals surface area (Å²) < 4.78 is 5.53. The molecule has 172 valence electrons. The van der Waals surface area contributed by atoms with E-state index in [1.807, 2.05) is 78.6 Å². The summed E-state index contributed by atoms with van der Waals surface area (Å²) in [6.45, 7) is 4.77. The van der Waals surface area contributed by atoms with Crippen molar-refractivity contribution in [3.05, 3.63) is 88.9 Å². The van der Waals surface area contributed by atoms with Crippen molar-refractivity contribution in [1.29, 1.82) is 0 Å². The third-order valence-corrected chi connectivity index (χ3v) is 6.71. The van der Waals surface area contributed by atoms with E-state index in [1.165, 1.54) is 0 Å². The topological polar surface area (TPSA) is 45.7 Å². The second-order valence-electron chi connectivity index (χ2n) is 8.44. The van der Waals surface area contributed by atoms with Crippen molar-refractivity contribution in [2.24, 2.45) is 0 Å². The van der Waals surface area contributed by atoms with Gasteiger partial charge in [-0.3, -0.25) is 4.79 Å². The lowest BCUT2D eigenvalue weighted by atomic mass is 9.96. The summed E-state index contributed by atoms with van der Waals surface area (Å²) in [5.74, 6) is 0.900. The fraction of sp³-hybridized carbons (Fsp3) is 0.214. The number of methoxy groups -OCH3 is 1. The highest BCUT2D eigenvalue weighted by Gasteiger charge is 2.27. The third kappa shape index (κ3) is 4.08. The molecule has 5 nitrogen and oxygen atoms in total. The maximum Gasteiger partial charge on any atom is 0.255 e. The van der Waals surface area contributed by atoms with Crippen molar-refractivity contribution in [2.45, 2.75) is 6.92 Å². The van der Waals surface area contributed by atoms with Crippen LogP contribution >= 0.6 is 11.6 Å². The third-order valence-electron chi connectivity index (χ3n) is 6.46. The quantitative estimate of drug-likeness (QED) is 0.375. The first-order valence-electron chi connectivity index (χ1n) is 11.4. The smallest absolute Gasteiger partial charge is 0.255 e. The summed E-state index contributed by atoms with van der Waals surface area (Å²) in [6.07, 6.45) is 0. The van der Waals surface area contributed by atoms with Gasteiger partial charge in [0.2, 0.25) is 0 Å². The molecule has 0 spiro atoms. The summed E-state index contributed by atoms with van der Waals surface area (Å²) in [6, 6.07) is 23.5. The van der Waals surface area contributed by atoms with Crippen LogP contribution in [0.15, 0.2) is 72.8 Å². The van der Waals surface area contributed by atoms with Crippen LogP contribution in [0.5, 0.6) is 5.75 Å². The van der Waals surface area contributed by atoms with Gasteiger partial charge in [0.1, 0.15) is 5.75 Å². The van der Waals surface area contributed by atoms with Gasteiger partial charge in [-0.2, -0.15) is 0 Å². The van der Waals surface area contributed by atoms with Crippen molar-refractivity contribution in [1.82, 2.24) is 9.88 Å². The van der Waals surface area contributed by atoms with Crippen LogP contribution in [0, 0.1) is 6.92 Å². The number of carbonyl (C=O) groups excluding carboxylic acids is 1. The number of piperazine rings is 1. The van der Waals surface area contributed by atoms with Gasteiger partial charge in [-0.1, -0.05) is 54.1 Å². The Balaban J connectivity index is 1.48. The summed E-state index contributed by atoms with van der Waals surface area (Å²) >= 11 is 6.10. The molecule has 0 radical (unpaired) electrons. The van der Waals surface area contributed by atoms with Gasteiger partial charge in [-0.05, 0) is 42.8 Å². The minimum absolute atomic E-state index is 0.0472. The second-order valence-corrected chi connectivity index (χ2v) is 8.87. The Morgan fingerprint density at radius 2 is 1.59 bits per heavy atom. The molecule has 1 saturated heterocycles. The molecule has 0 N–H and O–H groups in total. The van der Waals surface area contributed by atoms with Gasteiger partial charge >= 0.3 is 0 Å². The molecule has 0 saturated carbocycles. The molecule has 4 aromatic rings. The van der Waals surface area contributed by atoms with Gasteiger partial charge in [0.25, 0.3) is 5.91 Å². The van der Waals surface area contributed by atoms with Crippen LogP contribution in [-0.2, 0) is 0 Å². The molecule has 1 fully saturated rings. The number of hydrogen-bond acceptors (Lipinski definition) is 4. The first-order chi connectivity index (χ1) is 16.6. The molecule has 2 heterocycles. The predicted molar refractivity (Wildman–Crippen MR) is 138 cm³/mol. The monoisotopic (exact) mass is 471 g/mol. The summed E-state index contributed by atoms with van der Waals surface area (Å²) in [4.78, 5) is 23.0. The summed E-state index contributed by atoms with van der Waals surface area (Å²) in [5.41, 5.74) is 5.25. The predicted octanol–water partition coefficient (Wildman–Crippen LogP) is 5.83. The van der Waals surface area contributed by atoms with Crippen molar-refractivity contribution in [2.75, 3.05) is 38.2 Å². The Morgan fingerprint density at radius 1 is 0.912 bits per heavy atom. The van der Waals surface area contributed by atoms with Gasteiger partial charge in [0.05, 0.1) is 29.6 Å². The molecule has 0 bridgehead atoms. The highest BCUT2D eigenvalue weighted by molar-refractivity contribution is 6.30. The number of rotatable bonds is 4. The molecular formula is C28H26ClN3O2. The highest BCUT2D eigenvalue weighted by atomic mass is 35.5. The average molecular weight is 472 g/mol. The van der Waals surface area contributed by atoms with Gasteiger partial charge in [0, 0.05) is 42.2 Å². The molecule has 0 atom stereocenters. The zero-order chi connectivity index (χ0) is 23.7. The lowest BCUT2D eigenvalue weighted by Gasteiger charge is -2.37. The number of fused-ring (bicyclic) bond motifs is 1. The minimum atomic E-state index is 0.0472. The van der Waals surface area contributed by atoms with E-state index in [9.17, 15) is 4.79 Å². The molecular weight excluding hydrogens is 446 g/mol. The lowest BCUT2D eigenvalue weighted by molar-refractivity contribution is 0.0748. The van der Waals surface area contributed by atoms with E-state index in [1.54, 1.807) is 7.11 Å². The van der Waals surface area contributed by atoms with Crippen LogP contribution in [0.25, 0.3) is 22.2 Å². The maximum absolute atomic E-state index is 13.9. The van der Waals surface area contributed by atoms with Gasteiger partial charge in [-0.15, -0.1) is 0 Å². The number of halogens is 1. The number of carbonyl (C=O) groups is 1. The molecule has 5 rings (SSSR count). The van der Waals surface area contributed by atoms with Crippen LogP contribution in [0.4, 0.5) is 5.69 Å². The first kappa shape index (κ1) is 22.2. The van der Waals surface area contributed by atoms with Crippen molar-refractivity contribution in [3.8, 4) is 17.0 Å². The number of anilines is 1. The van der Waals surface area contributed by atoms with E-state index in [0.29, 0.717) is 18.1 Å². The number of benzene rings is 3. The number of nitrogens with zero attached hydrogens (tertiary/aromatic N) is 3. The summed E-state index contributed by atoms with van der Waals surface area (Å²) in [7, 11) is 1.69. The van der Waals surface area contributed by atoms with E-state index in [2.05, 4.69) is 11.0 Å². The fourth-order valence-electron chi connectivity index (χ4n) is 4.67. The van der Waals surface area contributed by atoms with Crippen LogP contribution in [0.3, 0.4) is 0 Å². The Hall–Kier alpha value is -3.57. The fourth-order valence-corrected chi connectivity index (χ4v) is 4.80. The van der Waals surface area contributed by atoms with E-state index < -0.39 is 0 Å². The highest BCUT2D eigenvalue weighted by Crippen LogP contribution is 2.32. The van der Waals surface area contributed by atoms with Gasteiger partial charge in [-0.25, -0.2) is 4.98 Å². The zero-order valence-electron chi connectivity index (χ0n) is 19.3. The Morgan fingerprint density at radius 3 is 2.32 bits per heavy atom. The minimum Gasteiger partial charge on any atom is -0.495 e. The van der Waals surface area contributed by atoms with Crippen LogP contribution < -0.4 is 9.64 Å². The molecule has 1 aliphatic heterocycles. The van der Waals surface area contributed by atoms with Gasteiger partial charge < -0.3 is 14.5 Å². The summed E-state index contributed by atoms with van der Waals surface area (Å²) in [5, 5.41) is 1.56. The van der Waals surface area contributed by atoms with E-state index in [4.69, 9.17) is 21.3 Å². The molecule has 0 unspecified atom stereocenters. The standard InChI is InChI=1S/C28H26ClN3O2/c1-19-26(22-7-3-4-8-23(22)30-27(19)20-11-13-21(29)14-12-20)28(33)32-17-15-31(16-18-32)24-9-5-6-10-25(24)34-2/h3-14H,15-18H2,1-2H3. The van der Waals surface area contributed by atoms with Crippen LogP contribution in [0.1, 0.15) is 15.9 Å². The Kier molecular flexibility index (Phi) is 6.12. The molecule has 6 heteroatoms. The SMILES string of the molecule is COc1ccccc1N1CCN(C(=O)c2c(C)c(-c3ccc(Cl)cc3)nc3ccccc23)CC1. The van der Waals surface area contributed by atoms with Crippen molar-refractivity contribution in [3.63, 3.8) is 0 Å². The first-order valence-corrected chi connectivity index (χ1v) is 11.8. The van der Waals surface area contributed by atoms with E-state index in [-0.39, 0.29) is 5.91 Å². The molecule has 1 amide bonds. The number of aromatic nitrogens is 1. The van der Waals surface area contributed by atoms with E-state index in [0.717, 1.165) is 57.8 Å². The Labute approximate surface area is 204 Å². The number of amides is 1. The molecule has 1 aliphatic rings. The number of ether oxygens (including phenoxy) is 1. The number of hydrogen-bond donors (Lipinski definition) is 0. The second kappa shape index (κ2) is 9.35. The average Bonchev–Trinajstić information content (AvgIpc) is 2.88. The van der Waals surface area contributed by atoms with Crippen molar-refractivity contribution >= 4 is 34.1 Å². The zero-order valence-corrected chi connectivity index (χ0v) is 20.0. The molecule has 1 aromatic heterocycles. The van der Waals surface area contributed by atoms with Crippen molar-refractivity contribution < 1.29 is 9.53 Å². The Bertz CT molecular complexity index is 1350. The number of pyridine rings is 1. The lowest BCUT2D eigenvalue weighted by Crippen LogP contribution is -2.49. The molecule has 3 aromatic carbocycles. The largest absolute Gasteiger partial charge is 0.495 e. The molecule has 34 heavy (non-hydrogen) atoms. The van der Waals surface area contributed by atoms with E-state index >= 15 is 0 Å². The van der Waals surface area contributed by atoms with Gasteiger partial charge in [0.15, 0.2) is 0 Å². The van der Waals surface area contributed by atoms with Crippen LogP contribution in [0.2, 0.25) is 5.02 Å². The maximum atomic E-state index is 13.9. The number of para-hydroxylation sites is 3. The van der Waals surface area contributed by atoms with Crippen LogP contribution in [-0.4, -0.2) is 49.1 Å².